The summed E-state index contributed by atoms with van der Waals surface area (Å²) in [4.78, 5) is 12.6. The van der Waals surface area contributed by atoms with Gasteiger partial charge in [-0.15, -0.1) is 10.2 Å². The van der Waals surface area contributed by atoms with E-state index in [4.69, 9.17) is 4.74 Å². The molecule has 2 aromatic carbocycles. The summed E-state index contributed by atoms with van der Waals surface area (Å²) >= 11 is 1.40. The first-order valence-electron chi connectivity index (χ1n) is 9.14. The van der Waals surface area contributed by atoms with E-state index in [0.29, 0.717) is 11.4 Å². The number of anilines is 1. The first-order chi connectivity index (χ1) is 13.5. The van der Waals surface area contributed by atoms with E-state index in [1.807, 2.05) is 47.9 Å². The van der Waals surface area contributed by atoms with Gasteiger partial charge in [-0.1, -0.05) is 42.1 Å². The van der Waals surface area contributed by atoms with Crippen molar-refractivity contribution in [2.24, 2.45) is 0 Å². The van der Waals surface area contributed by atoms with Gasteiger partial charge in [-0.3, -0.25) is 4.79 Å². The fraction of sp³-hybridized carbons (Fsp3) is 0.286. The zero-order valence-corrected chi connectivity index (χ0v) is 17.3. The quantitative estimate of drug-likeness (QED) is 0.600. The Morgan fingerprint density at radius 2 is 2.00 bits per heavy atom. The number of benzene rings is 2. The minimum absolute atomic E-state index is 0.0960. The molecule has 6 nitrogen and oxygen atoms in total. The molecule has 3 aromatic rings. The molecule has 1 aromatic heterocycles. The van der Waals surface area contributed by atoms with E-state index in [-0.39, 0.29) is 11.2 Å². The van der Waals surface area contributed by atoms with E-state index in [0.717, 1.165) is 28.7 Å². The lowest BCUT2D eigenvalue weighted by molar-refractivity contribution is -0.115. The van der Waals surface area contributed by atoms with Gasteiger partial charge in [0.1, 0.15) is 5.75 Å². The molecule has 3 rings (SSSR count). The predicted molar refractivity (Wildman–Crippen MR) is 113 cm³/mol. The molecule has 1 N–H and O–H groups in total. The summed E-state index contributed by atoms with van der Waals surface area (Å²) in [5.41, 5.74) is 2.90. The van der Waals surface area contributed by atoms with E-state index < -0.39 is 0 Å². The zero-order chi connectivity index (χ0) is 20.1. The van der Waals surface area contributed by atoms with Crippen LogP contribution in [-0.4, -0.2) is 33.0 Å². The highest BCUT2D eigenvalue weighted by Gasteiger charge is 2.21. The number of carbonyl (C=O) groups is 1. The van der Waals surface area contributed by atoms with Crippen LogP contribution in [0.25, 0.3) is 11.4 Å². The summed E-state index contributed by atoms with van der Waals surface area (Å²) in [6, 6.07) is 15.4. The lowest BCUT2D eigenvalue weighted by atomic mass is 10.1. The topological polar surface area (TPSA) is 69.0 Å². The van der Waals surface area contributed by atoms with Crippen molar-refractivity contribution in [2.45, 2.75) is 37.7 Å². The zero-order valence-electron chi connectivity index (χ0n) is 16.5. The van der Waals surface area contributed by atoms with E-state index in [1.54, 1.807) is 13.2 Å². The third-order valence-electron chi connectivity index (χ3n) is 4.41. The Hall–Kier alpha value is -2.80. The lowest BCUT2D eigenvalue weighted by Gasteiger charge is -2.13. The molecule has 0 unspecified atom stereocenters. The normalized spacial score (nSPS) is 11.9. The molecule has 0 spiro atoms. The number of carbonyl (C=O) groups excluding carboxylic acids is 1. The molecule has 146 valence electrons. The summed E-state index contributed by atoms with van der Waals surface area (Å²) in [6.07, 6.45) is 0. The number of methoxy groups -OCH3 is 1. The Labute approximate surface area is 169 Å². The van der Waals surface area contributed by atoms with Gasteiger partial charge in [-0.25, -0.2) is 0 Å². The number of hydrogen-bond donors (Lipinski definition) is 1. The van der Waals surface area contributed by atoms with E-state index >= 15 is 0 Å². The van der Waals surface area contributed by atoms with Gasteiger partial charge in [-0.05, 0) is 38.5 Å². The predicted octanol–water partition coefficient (Wildman–Crippen LogP) is 4.40. The van der Waals surface area contributed by atoms with Crippen molar-refractivity contribution in [1.82, 2.24) is 14.8 Å². The van der Waals surface area contributed by atoms with Crippen LogP contribution in [0.15, 0.2) is 53.7 Å². The van der Waals surface area contributed by atoms with Gasteiger partial charge in [0.05, 0.1) is 12.4 Å². The van der Waals surface area contributed by atoms with Crippen molar-refractivity contribution in [3.8, 4) is 17.1 Å². The number of amides is 1. The second-order valence-corrected chi connectivity index (χ2v) is 7.65. The Balaban J connectivity index is 1.76. The molecule has 0 aliphatic carbocycles. The minimum Gasteiger partial charge on any atom is -0.497 e. The van der Waals surface area contributed by atoms with Crippen molar-refractivity contribution in [3.05, 3.63) is 54.1 Å². The Kier molecular flexibility index (Phi) is 6.36. The Morgan fingerprint density at radius 3 is 2.71 bits per heavy atom. The van der Waals surface area contributed by atoms with Gasteiger partial charge in [0, 0.05) is 23.9 Å². The van der Waals surface area contributed by atoms with E-state index in [1.165, 1.54) is 11.8 Å². The maximum atomic E-state index is 12.6. The van der Waals surface area contributed by atoms with Crippen LogP contribution in [-0.2, 0) is 11.3 Å². The monoisotopic (exact) mass is 396 g/mol. The first kappa shape index (κ1) is 19.9. The minimum atomic E-state index is -0.328. The van der Waals surface area contributed by atoms with Crippen LogP contribution in [0.3, 0.4) is 0 Å². The third-order valence-corrected chi connectivity index (χ3v) is 5.49. The maximum absolute atomic E-state index is 12.6. The molecule has 0 saturated heterocycles. The molecule has 7 heteroatoms. The van der Waals surface area contributed by atoms with Gasteiger partial charge in [-0.2, -0.15) is 0 Å². The van der Waals surface area contributed by atoms with Crippen LogP contribution in [0.2, 0.25) is 0 Å². The molecular weight excluding hydrogens is 372 g/mol. The van der Waals surface area contributed by atoms with Gasteiger partial charge < -0.3 is 14.6 Å². The number of aromatic nitrogens is 3. The molecular formula is C21H24N4O2S. The Bertz CT molecular complexity index is 971. The van der Waals surface area contributed by atoms with E-state index in [2.05, 4.69) is 35.4 Å². The Morgan fingerprint density at radius 1 is 1.21 bits per heavy atom. The summed E-state index contributed by atoms with van der Waals surface area (Å²) in [5, 5.41) is 12.0. The van der Waals surface area contributed by atoms with Gasteiger partial charge in [0.25, 0.3) is 0 Å². The van der Waals surface area contributed by atoms with Crippen LogP contribution >= 0.6 is 11.8 Å². The van der Waals surface area contributed by atoms with Gasteiger partial charge >= 0.3 is 0 Å². The largest absolute Gasteiger partial charge is 0.497 e. The van der Waals surface area contributed by atoms with Crippen molar-refractivity contribution in [1.29, 1.82) is 0 Å². The standard InChI is InChI=1S/C21H24N4O2S/c1-5-25-19(18-12-7-6-9-14(18)2)23-24-21(25)28-15(3)20(26)22-16-10-8-11-17(13-16)27-4/h6-13,15H,5H2,1-4H3,(H,22,26)/t15-/m1/s1. The summed E-state index contributed by atoms with van der Waals surface area (Å²) < 4.78 is 7.24. The second kappa shape index (κ2) is 8.93. The summed E-state index contributed by atoms with van der Waals surface area (Å²) in [7, 11) is 1.60. The molecule has 0 radical (unpaired) electrons. The highest BCUT2D eigenvalue weighted by Crippen LogP contribution is 2.29. The highest BCUT2D eigenvalue weighted by atomic mass is 32.2. The van der Waals surface area contributed by atoms with Crippen LogP contribution in [0.1, 0.15) is 19.4 Å². The smallest absolute Gasteiger partial charge is 0.237 e. The third kappa shape index (κ3) is 4.36. The maximum Gasteiger partial charge on any atom is 0.237 e. The molecule has 0 aliphatic rings. The number of hydrogen-bond acceptors (Lipinski definition) is 5. The molecule has 1 amide bonds. The molecule has 0 fully saturated rings. The summed E-state index contributed by atoms with van der Waals surface area (Å²) in [6.45, 7) is 6.70. The molecule has 28 heavy (non-hydrogen) atoms. The van der Waals surface area contributed by atoms with Crippen molar-refractivity contribution in [3.63, 3.8) is 0 Å². The van der Waals surface area contributed by atoms with Crippen LogP contribution in [0.5, 0.6) is 5.75 Å². The van der Waals surface area contributed by atoms with Crippen molar-refractivity contribution in [2.75, 3.05) is 12.4 Å². The number of ether oxygens (including phenoxy) is 1. The average Bonchev–Trinajstić information content (AvgIpc) is 3.10. The number of nitrogens with zero attached hydrogens (tertiary/aromatic N) is 3. The number of rotatable bonds is 7. The molecule has 1 atom stereocenters. The molecule has 0 saturated carbocycles. The molecule has 0 bridgehead atoms. The van der Waals surface area contributed by atoms with Crippen LogP contribution in [0, 0.1) is 6.92 Å². The van der Waals surface area contributed by atoms with Crippen LogP contribution in [0.4, 0.5) is 5.69 Å². The fourth-order valence-electron chi connectivity index (χ4n) is 2.84. The highest BCUT2D eigenvalue weighted by molar-refractivity contribution is 8.00. The van der Waals surface area contributed by atoms with Crippen LogP contribution < -0.4 is 10.1 Å². The SMILES string of the molecule is CCn1c(S[C@H](C)C(=O)Nc2cccc(OC)c2)nnc1-c1ccccc1C. The van der Waals surface area contributed by atoms with Crippen molar-refractivity contribution >= 4 is 23.4 Å². The molecule has 0 aliphatic heterocycles. The fourth-order valence-corrected chi connectivity index (χ4v) is 3.75. The number of nitrogens with one attached hydrogen (secondary N) is 1. The molecule has 1 heterocycles. The lowest BCUT2D eigenvalue weighted by Crippen LogP contribution is -2.23. The van der Waals surface area contributed by atoms with Gasteiger partial charge in [0.15, 0.2) is 11.0 Å². The summed E-state index contributed by atoms with van der Waals surface area (Å²) in [5.74, 6) is 1.43. The number of thioether (sulfide) groups is 1. The average molecular weight is 397 g/mol. The second-order valence-electron chi connectivity index (χ2n) is 6.35. The number of aryl methyl sites for hydroxylation is 1. The first-order valence-corrected chi connectivity index (χ1v) is 10.0. The van der Waals surface area contributed by atoms with Crippen molar-refractivity contribution < 1.29 is 9.53 Å². The van der Waals surface area contributed by atoms with Gasteiger partial charge in [0.2, 0.25) is 5.91 Å². The van der Waals surface area contributed by atoms with E-state index in [9.17, 15) is 4.79 Å².